The summed E-state index contributed by atoms with van der Waals surface area (Å²) in [5.41, 5.74) is 6.50. The Morgan fingerprint density at radius 1 is 1.41 bits per heavy atom. The molecule has 0 spiro atoms. The molecule has 0 saturated heterocycles. The maximum Gasteiger partial charge on any atom is 0.223 e. The Morgan fingerprint density at radius 3 is 2.91 bits per heavy atom. The highest BCUT2D eigenvalue weighted by atomic mass is 19.1. The molecule has 2 rings (SSSR count). The predicted molar refractivity (Wildman–Crippen MR) is 87.2 cm³/mol. The van der Waals surface area contributed by atoms with Gasteiger partial charge in [0.05, 0.1) is 5.69 Å². The standard InChI is InChI=1S/C17H26FN3O/c1-21(16-9-3-2-8-15(16)18)11-5-10-20-17(22)13-6-4-7-14(19)12-13/h2-3,8-9,13-14H,4-7,10-12,19H2,1H3,(H,20,22). The minimum Gasteiger partial charge on any atom is -0.372 e. The first-order chi connectivity index (χ1) is 10.6. The number of benzene rings is 1. The third-order valence-electron chi connectivity index (χ3n) is 4.32. The highest BCUT2D eigenvalue weighted by Gasteiger charge is 2.24. The molecule has 2 unspecified atom stereocenters. The summed E-state index contributed by atoms with van der Waals surface area (Å²) in [5.74, 6) is -0.0398. The first-order valence-electron chi connectivity index (χ1n) is 8.07. The van der Waals surface area contributed by atoms with Gasteiger partial charge in [-0.05, 0) is 37.8 Å². The number of nitrogens with one attached hydrogen (secondary N) is 1. The van der Waals surface area contributed by atoms with Gasteiger partial charge in [0, 0.05) is 32.1 Å². The van der Waals surface area contributed by atoms with Gasteiger partial charge in [-0.1, -0.05) is 18.6 Å². The number of carbonyl (C=O) groups is 1. The van der Waals surface area contributed by atoms with Crippen LogP contribution in [0.3, 0.4) is 0 Å². The van der Waals surface area contributed by atoms with Crippen molar-refractivity contribution in [2.45, 2.75) is 38.1 Å². The molecule has 2 atom stereocenters. The smallest absolute Gasteiger partial charge is 0.223 e. The number of amides is 1. The van der Waals surface area contributed by atoms with E-state index in [0.29, 0.717) is 18.8 Å². The fraction of sp³-hybridized carbons (Fsp3) is 0.588. The molecule has 1 aliphatic carbocycles. The molecule has 0 bridgehead atoms. The number of rotatable bonds is 6. The molecule has 1 aliphatic rings. The van der Waals surface area contributed by atoms with Crippen molar-refractivity contribution in [3.05, 3.63) is 30.1 Å². The Balaban J connectivity index is 1.68. The Labute approximate surface area is 131 Å². The van der Waals surface area contributed by atoms with Crippen LogP contribution in [0, 0.1) is 11.7 Å². The summed E-state index contributed by atoms with van der Waals surface area (Å²) in [4.78, 5) is 13.9. The van der Waals surface area contributed by atoms with E-state index in [1.807, 2.05) is 18.0 Å². The van der Waals surface area contributed by atoms with Crippen LogP contribution in [0.15, 0.2) is 24.3 Å². The predicted octanol–water partition coefficient (Wildman–Crippen LogP) is 2.29. The van der Waals surface area contributed by atoms with Crippen molar-refractivity contribution in [2.24, 2.45) is 11.7 Å². The van der Waals surface area contributed by atoms with Gasteiger partial charge in [0.2, 0.25) is 5.91 Å². The lowest BCUT2D eigenvalue weighted by molar-refractivity contribution is -0.126. The zero-order valence-corrected chi connectivity index (χ0v) is 13.2. The Kier molecular flexibility index (Phi) is 6.19. The van der Waals surface area contributed by atoms with Gasteiger partial charge >= 0.3 is 0 Å². The van der Waals surface area contributed by atoms with E-state index in [1.54, 1.807) is 12.1 Å². The molecule has 4 nitrogen and oxygen atoms in total. The number of halogens is 1. The number of hydrogen-bond acceptors (Lipinski definition) is 3. The zero-order valence-electron chi connectivity index (χ0n) is 13.2. The van der Waals surface area contributed by atoms with E-state index < -0.39 is 0 Å². The summed E-state index contributed by atoms with van der Waals surface area (Å²) >= 11 is 0. The Morgan fingerprint density at radius 2 is 2.18 bits per heavy atom. The normalized spacial score (nSPS) is 21.4. The van der Waals surface area contributed by atoms with Gasteiger partial charge in [-0.15, -0.1) is 0 Å². The first-order valence-corrected chi connectivity index (χ1v) is 8.07. The van der Waals surface area contributed by atoms with Gasteiger partial charge in [0.15, 0.2) is 0 Å². The third kappa shape index (κ3) is 4.70. The van der Waals surface area contributed by atoms with Gasteiger partial charge in [0.25, 0.3) is 0 Å². The van der Waals surface area contributed by atoms with Crippen LogP contribution in [0.2, 0.25) is 0 Å². The van der Waals surface area contributed by atoms with Crippen LogP contribution in [0.25, 0.3) is 0 Å². The van der Waals surface area contributed by atoms with E-state index in [-0.39, 0.29) is 23.7 Å². The number of nitrogens with zero attached hydrogens (tertiary/aromatic N) is 1. The molecule has 1 amide bonds. The van der Waals surface area contributed by atoms with Gasteiger partial charge in [-0.3, -0.25) is 4.79 Å². The number of anilines is 1. The molecule has 22 heavy (non-hydrogen) atoms. The molecule has 0 aromatic heterocycles. The molecule has 122 valence electrons. The van der Waals surface area contributed by atoms with E-state index in [9.17, 15) is 9.18 Å². The summed E-state index contributed by atoms with van der Waals surface area (Å²) in [6, 6.07) is 6.89. The van der Waals surface area contributed by atoms with Crippen LogP contribution in [0.4, 0.5) is 10.1 Å². The zero-order chi connectivity index (χ0) is 15.9. The lowest BCUT2D eigenvalue weighted by atomic mass is 9.85. The van der Waals surface area contributed by atoms with Crippen LogP contribution in [-0.4, -0.2) is 32.1 Å². The fourth-order valence-electron chi connectivity index (χ4n) is 3.02. The molecule has 3 N–H and O–H groups in total. The number of carbonyl (C=O) groups excluding carboxylic acids is 1. The van der Waals surface area contributed by atoms with Crippen molar-refractivity contribution < 1.29 is 9.18 Å². The van der Waals surface area contributed by atoms with Crippen LogP contribution in [0.5, 0.6) is 0 Å². The maximum absolute atomic E-state index is 13.6. The molecule has 1 fully saturated rings. The summed E-state index contributed by atoms with van der Waals surface area (Å²) in [7, 11) is 1.86. The highest BCUT2D eigenvalue weighted by Crippen LogP contribution is 2.23. The molecule has 1 saturated carbocycles. The Hall–Kier alpha value is -1.62. The van der Waals surface area contributed by atoms with E-state index >= 15 is 0 Å². The van der Waals surface area contributed by atoms with Crippen LogP contribution in [0.1, 0.15) is 32.1 Å². The molecule has 0 aliphatic heterocycles. The second-order valence-electron chi connectivity index (χ2n) is 6.14. The number of para-hydroxylation sites is 1. The molecule has 5 heteroatoms. The lowest BCUT2D eigenvalue weighted by Gasteiger charge is -2.26. The fourth-order valence-corrected chi connectivity index (χ4v) is 3.02. The molecule has 0 heterocycles. The topological polar surface area (TPSA) is 58.4 Å². The van der Waals surface area contributed by atoms with Crippen LogP contribution >= 0.6 is 0 Å². The summed E-state index contributed by atoms with van der Waals surface area (Å²) < 4.78 is 13.6. The quantitative estimate of drug-likeness (QED) is 0.793. The van der Waals surface area contributed by atoms with E-state index in [4.69, 9.17) is 5.73 Å². The molecular weight excluding hydrogens is 281 g/mol. The molecule has 0 radical (unpaired) electrons. The van der Waals surface area contributed by atoms with E-state index in [2.05, 4.69) is 5.32 Å². The Bertz CT molecular complexity index is 495. The van der Waals surface area contributed by atoms with E-state index in [0.717, 1.165) is 32.1 Å². The maximum atomic E-state index is 13.6. The van der Waals surface area contributed by atoms with Crippen LogP contribution in [-0.2, 0) is 4.79 Å². The molecule has 1 aromatic carbocycles. The van der Waals surface area contributed by atoms with Crippen molar-refractivity contribution in [1.29, 1.82) is 0 Å². The van der Waals surface area contributed by atoms with E-state index in [1.165, 1.54) is 6.07 Å². The second-order valence-corrected chi connectivity index (χ2v) is 6.14. The van der Waals surface area contributed by atoms with Gasteiger partial charge in [-0.25, -0.2) is 4.39 Å². The average Bonchev–Trinajstić information content (AvgIpc) is 2.51. The van der Waals surface area contributed by atoms with Gasteiger partial charge in [0.1, 0.15) is 5.82 Å². The molecule has 1 aromatic rings. The summed E-state index contributed by atoms with van der Waals surface area (Å²) in [6.07, 6.45) is 4.58. The molecular formula is C17H26FN3O. The highest BCUT2D eigenvalue weighted by molar-refractivity contribution is 5.78. The monoisotopic (exact) mass is 307 g/mol. The van der Waals surface area contributed by atoms with Crippen molar-refractivity contribution in [3.63, 3.8) is 0 Å². The average molecular weight is 307 g/mol. The van der Waals surface area contributed by atoms with Crippen molar-refractivity contribution in [2.75, 3.05) is 25.0 Å². The third-order valence-corrected chi connectivity index (χ3v) is 4.32. The minimum atomic E-state index is -0.217. The number of hydrogen-bond donors (Lipinski definition) is 2. The van der Waals surface area contributed by atoms with Crippen molar-refractivity contribution >= 4 is 11.6 Å². The van der Waals surface area contributed by atoms with Gasteiger partial charge in [-0.2, -0.15) is 0 Å². The van der Waals surface area contributed by atoms with Crippen LogP contribution < -0.4 is 16.0 Å². The van der Waals surface area contributed by atoms with Crippen molar-refractivity contribution in [1.82, 2.24) is 5.32 Å². The number of nitrogens with two attached hydrogens (primary N) is 1. The first kappa shape index (κ1) is 16.7. The second kappa shape index (κ2) is 8.13. The van der Waals surface area contributed by atoms with Crippen molar-refractivity contribution in [3.8, 4) is 0 Å². The van der Waals surface area contributed by atoms with Gasteiger partial charge < -0.3 is 16.0 Å². The SMILES string of the molecule is CN(CCCNC(=O)C1CCCC(N)C1)c1ccccc1F. The minimum absolute atomic E-state index is 0.0630. The summed E-state index contributed by atoms with van der Waals surface area (Å²) in [5, 5.41) is 2.98. The summed E-state index contributed by atoms with van der Waals surface area (Å²) in [6.45, 7) is 1.31. The lowest BCUT2D eigenvalue weighted by Crippen LogP contribution is -2.38. The largest absolute Gasteiger partial charge is 0.372 e.